The van der Waals surface area contributed by atoms with E-state index in [0.717, 1.165) is 23.4 Å². The van der Waals surface area contributed by atoms with Crippen molar-refractivity contribution in [1.82, 2.24) is 19.5 Å². The predicted molar refractivity (Wildman–Crippen MR) is 94.9 cm³/mol. The van der Waals surface area contributed by atoms with Gasteiger partial charge in [-0.15, -0.1) is 11.3 Å². The molecule has 0 spiro atoms. The zero-order valence-electron chi connectivity index (χ0n) is 13.5. The maximum absolute atomic E-state index is 6.24. The van der Waals surface area contributed by atoms with E-state index in [0.29, 0.717) is 11.7 Å². The summed E-state index contributed by atoms with van der Waals surface area (Å²) < 4.78 is 1.75. The van der Waals surface area contributed by atoms with Gasteiger partial charge in [0.15, 0.2) is 5.65 Å². The highest BCUT2D eigenvalue weighted by molar-refractivity contribution is 7.10. The van der Waals surface area contributed by atoms with Gasteiger partial charge in [0.25, 0.3) is 0 Å². The molecule has 23 heavy (non-hydrogen) atoms. The van der Waals surface area contributed by atoms with Gasteiger partial charge in [-0.25, -0.2) is 4.98 Å². The van der Waals surface area contributed by atoms with E-state index >= 15 is 0 Å². The van der Waals surface area contributed by atoms with Crippen LogP contribution in [0.1, 0.15) is 29.3 Å². The van der Waals surface area contributed by atoms with E-state index in [1.54, 1.807) is 15.9 Å². The smallest absolute Gasteiger partial charge is 0.165 e. The minimum absolute atomic E-state index is 0.452. The number of likely N-dealkylation sites (N-methyl/N-ethyl adjacent to an activating group) is 1. The van der Waals surface area contributed by atoms with Gasteiger partial charge in [0, 0.05) is 29.0 Å². The van der Waals surface area contributed by atoms with Gasteiger partial charge < -0.3 is 10.6 Å². The fraction of sp³-hybridized carbons (Fsp3) is 0.412. The number of anilines is 1. The summed E-state index contributed by atoms with van der Waals surface area (Å²) in [5, 5.41) is 6.59. The molecule has 1 atom stereocenters. The third-order valence-electron chi connectivity index (χ3n) is 4.60. The molecule has 0 bridgehead atoms. The Kier molecular flexibility index (Phi) is 3.58. The SMILES string of the molecule is Cc1cc(-c2cnn3c(N)cc(C4CCCN(C)C4)nc23)cs1. The number of likely N-dealkylation sites (tertiary alicyclic amines) is 1. The van der Waals surface area contributed by atoms with Crippen LogP contribution in [0.4, 0.5) is 5.82 Å². The van der Waals surface area contributed by atoms with E-state index in [1.807, 2.05) is 12.3 Å². The van der Waals surface area contributed by atoms with Crippen molar-refractivity contribution in [2.45, 2.75) is 25.7 Å². The highest BCUT2D eigenvalue weighted by Gasteiger charge is 2.22. The average Bonchev–Trinajstić information content (AvgIpc) is 3.13. The van der Waals surface area contributed by atoms with Gasteiger partial charge in [-0.3, -0.25) is 0 Å². The molecule has 1 aliphatic heterocycles. The van der Waals surface area contributed by atoms with Crippen molar-refractivity contribution in [2.75, 3.05) is 25.9 Å². The Hall–Kier alpha value is -1.92. The van der Waals surface area contributed by atoms with E-state index < -0.39 is 0 Å². The minimum atomic E-state index is 0.452. The lowest BCUT2D eigenvalue weighted by molar-refractivity contribution is 0.248. The molecule has 0 saturated carbocycles. The van der Waals surface area contributed by atoms with Crippen LogP contribution in [0.25, 0.3) is 16.8 Å². The van der Waals surface area contributed by atoms with E-state index in [2.05, 4.69) is 35.4 Å². The number of rotatable bonds is 2. The molecule has 5 nitrogen and oxygen atoms in total. The number of nitrogen functional groups attached to an aromatic ring is 1. The largest absolute Gasteiger partial charge is 0.384 e. The molecule has 1 unspecified atom stereocenters. The first kappa shape index (κ1) is 14.7. The first-order valence-electron chi connectivity index (χ1n) is 8.00. The van der Waals surface area contributed by atoms with Gasteiger partial charge in [0.2, 0.25) is 0 Å². The van der Waals surface area contributed by atoms with E-state index in [4.69, 9.17) is 10.7 Å². The molecule has 4 rings (SSSR count). The standard InChI is InChI=1S/C17H21N5S/c1-11-6-13(10-23-11)14-8-19-22-16(18)7-15(20-17(14)22)12-4-3-5-21(2)9-12/h6-8,10,12H,3-5,9,18H2,1-2H3. The molecule has 0 aliphatic carbocycles. The first-order valence-corrected chi connectivity index (χ1v) is 8.88. The van der Waals surface area contributed by atoms with Gasteiger partial charge in [-0.2, -0.15) is 9.61 Å². The van der Waals surface area contributed by atoms with Gasteiger partial charge in [-0.05, 0) is 50.4 Å². The predicted octanol–water partition coefficient (Wildman–Crippen LogP) is 3.16. The maximum Gasteiger partial charge on any atom is 0.165 e. The molecular formula is C17H21N5S. The lowest BCUT2D eigenvalue weighted by Gasteiger charge is -2.29. The van der Waals surface area contributed by atoms with Crippen LogP contribution in [0, 0.1) is 6.92 Å². The molecule has 4 heterocycles. The van der Waals surface area contributed by atoms with E-state index in [9.17, 15) is 0 Å². The molecule has 3 aromatic heterocycles. The molecule has 1 fully saturated rings. The molecule has 3 aromatic rings. The van der Waals surface area contributed by atoms with Crippen LogP contribution < -0.4 is 5.73 Å². The van der Waals surface area contributed by atoms with Crippen LogP contribution in [0.15, 0.2) is 23.7 Å². The summed E-state index contributed by atoms with van der Waals surface area (Å²) in [6, 6.07) is 4.17. The van der Waals surface area contributed by atoms with Crippen molar-refractivity contribution < 1.29 is 0 Å². The number of fused-ring (bicyclic) bond motifs is 1. The third-order valence-corrected chi connectivity index (χ3v) is 5.46. The molecule has 1 saturated heterocycles. The van der Waals surface area contributed by atoms with Crippen molar-refractivity contribution >= 4 is 22.8 Å². The van der Waals surface area contributed by atoms with Crippen molar-refractivity contribution in [1.29, 1.82) is 0 Å². The Morgan fingerprint density at radius 2 is 2.22 bits per heavy atom. The second-order valence-electron chi connectivity index (χ2n) is 6.45. The zero-order valence-corrected chi connectivity index (χ0v) is 14.3. The summed E-state index contributed by atoms with van der Waals surface area (Å²) in [4.78, 5) is 8.60. The molecule has 0 radical (unpaired) electrons. The highest BCUT2D eigenvalue weighted by Crippen LogP contribution is 2.31. The normalized spacial score (nSPS) is 19.5. The Morgan fingerprint density at radius 3 is 2.96 bits per heavy atom. The lowest BCUT2D eigenvalue weighted by Crippen LogP contribution is -2.31. The highest BCUT2D eigenvalue weighted by atomic mass is 32.1. The van der Waals surface area contributed by atoms with E-state index in [1.165, 1.54) is 29.8 Å². The number of thiophene rings is 1. The Balaban J connectivity index is 1.82. The van der Waals surface area contributed by atoms with Crippen LogP contribution in [-0.2, 0) is 0 Å². The Bertz CT molecular complexity index is 850. The fourth-order valence-corrected chi connectivity index (χ4v) is 4.11. The summed E-state index contributed by atoms with van der Waals surface area (Å²) in [6.07, 6.45) is 4.26. The van der Waals surface area contributed by atoms with Crippen molar-refractivity contribution in [3.8, 4) is 11.1 Å². The molecule has 2 N–H and O–H groups in total. The van der Waals surface area contributed by atoms with Gasteiger partial charge in [0.05, 0.1) is 11.9 Å². The minimum Gasteiger partial charge on any atom is -0.384 e. The number of nitrogens with two attached hydrogens (primary N) is 1. The van der Waals surface area contributed by atoms with Crippen LogP contribution in [0.5, 0.6) is 0 Å². The Morgan fingerprint density at radius 1 is 1.35 bits per heavy atom. The fourth-order valence-electron chi connectivity index (χ4n) is 3.41. The van der Waals surface area contributed by atoms with Crippen molar-refractivity contribution in [2.24, 2.45) is 0 Å². The number of aryl methyl sites for hydroxylation is 1. The number of nitrogens with zero attached hydrogens (tertiary/aromatic N) is 4. The topological polar surface area (TPSA) is 59.5 Å². The molecule has 0 aromatic carbocycles. The second kappa shape index (κ2) is 5.62. The van der Waals surface area contributed by atoms with Crippen LogP contribution in [-0.4, -0.2) is 39.6 Å². The maximum atomic E-state index is 6.24. The number of aromatic nitrogens is 3. The summed E-state index contributed by atoms with van der Waals surface area (Å²) in [5.41, 5.74) is 10.4. The molecule has 6 heteroatoms. The zero-order chi connectivity index (χ0) is 16.0. The quantitative estimate of drug-likeness (QED) is 0.785. The number of piperidine rings is 1. The lowest BCUT2D eigenvalue weighted by atomic mass is 9.95. The van der Waals surface area contributed by atoms with E-state index in [-0.39, 0.29) is 0 Å². The van der Waals surface area contributed by atoms with Crippen molar-refractivity contribution in [3.05, 3.63) is 34.3 Å². The second-order valence-corrected chi connectivity index (χ2v) is 7.56. The summed E-state index contributed by atoms with van der Waals surface area (Å²) in [5.74, 6) is 1.12. The monoisotopic (exact) mass is 327 g/mol. The summed E-state index contributed by atoms with van der Waals surface area (Å²) in [6.45, 7) is 4.33. The third kappa shape index (κ3) is 2.62. The molecule has 120 valence electrons. The number of hydrogen-bond acceptors (Lipinski definition) is 5. The van der Waals surface area contributed by atoms with Crippen molar-refractivity contribution in [3.63, 3.8) is 0 Å². The van der Waals surface area contributed by atoms with Gasteiger partial charge in [-0.1, -0.05) is 0 Å². The molecular weight excluding hydrogens is 306 g/mol. The first-order chi connectivity index (χ1) is 11.1. The summed E-state index contributed by atoms with van der Waals surface area (Å²) >= 11 is 1.75. The average molecular weight is 327 g/mol. The van der Waals surface area contributed by atoms with Crippen LogP contribution in [0.2, 0.25) is 0 Å². The number of hydrogen-bond donors (Lipinski definition) is 1. The Labute approximate surface area is 139 Å². The van der Waals surface area contributed by atoms with Gasteiger partial charge in [0.1, 0.15) is 5.82 Å². The molecule has 0 amide bonds. The van der Waals surface area contributed by atoms with Gasteiger partial charge >= 0.3 is 0 Å². The van der Waals surface area contributed by atoms with Crippen LogP contribution >= 0.6 is 11.3 Å². The summed E-state index contributed by atoms with van der Waals surface area (Å²) in [7, 11) is 2.17. The molecule has 1 aliphatic rings. The van der Waals surface area contributed by atoms with Crippen LogP contribution in [0.3, 0.4) is 0 Å².